The van der Waals surface area contributed by atoms with Crippen molar-refractivity contribution >= 4 is 11.6 Å². The SMILES string of the molecule is O=C(NCc1nnc2ccccn12)c1nc(-c2ccc(F)cc2)n2c1CCCCC2. The van der Waals surface area contributed by atoms with Gasteiger partial charge in [-0.2, -0.15) is 0 Å². The lowest BCUT2D eigenvalue weighted by molar-refractivity contribution is 0.0944. The molecule has 4 aromatic rings. The number of nitrogens with one attached hydrogen (secondary N) is 1. The molecule has 4 heterocycles. The summed E-state index contributed by atoms with van der Waals surface area (Å²) in [6.45, 7) is 1.05. The van der Waals surface area contributed by atoms with Crippen LogP contribution in [0.5, 0.6) is 0 Å². The normalized spacial score (nSPS) is 13.8. The standard InChI is InChI=1S/C22H21FN6O/c23-16-10-8-15(9-11-16)21-25-20(17-6-2-1-4-12-28(17)21)22(30)24-14-19-27-26-18-7-3-5-13-29(18)19/h3,5,7-11,13H,1-2,4,6,12,14H2,(H,24,30). The van der Waals surface area contributed by atoms with Gasteiger partial charge >= 0.3 is 0 Å². The number of benzene rings is 1. The summed E-state index contributed by atoms with van der Waals surface area (Å²) in [6, 6.07) is 11.9. The number of rotatable bonds is 4. The molecule has 0 spiro atoms. The van der Waals surface area contributed by atoms with Crippen molar-refractivity contribution in [2.75, 3.05) is 0 Å². The van der Waals surface area contributed by atoms with Gasteiger partial charge in [-0.1, -0.05) is 12.5 Å². The maximum Gasteiger partial charge on any atom is 0.272 e. The molecule has 0 saturated carbocycles. The van der Waals surface area contributed by atoms with Crippen LogP contribution in [0.2, 0.25) is 0 Å². The molecule has 0 radical (unpaired) electrons. The lowest BCUT2D eigenvalue weighted by Crippen LogP contribution is -2.25. The minimum absolute atomic E-state index is 0.235. The molecule has 0 fully saturated rings. The lowest BCUT2D eigenvalue weighted by atomic mass is 10.1. The number of carbonyl (C=O) groups is 1. The fraction of sp³-hybridized carbons (Fsp3) is 0.273. The van der Waals surface area contributed by atoms with E-state index in [1.807, 2.05) is 28.8 Å². The molecule has 1 amide bonds. The Bertz CT molecular complexity index is 1210. The number of fused-ring (bicyclic) bond motifs is 2. The monoisotopic (exact) mass is 404 g/mol. The van der Waals surface area contributed by atoms with E-state index >= 15 is 0 Å². The van der Waals surface area contributed by atoms with Crippen molar-refractivity contribution in [1.82, 2.24) is 29.5 Å². The van der Waals surface area contributed by atoms with E-state index in [9.17, 15) is 9.18 Å². The van der Waals surface area contributed by atoms with Crippen LogP contribution < -0.4 is 5.32 Å². The molecule has 1 aromatic carbocycles. The molecule has 3 aromatic heterocycles. The van der Waals surface area contributed by atoms with Gasteiger partial charge in [-0.15, -0.1) is 10.2 Å². The number of carbonyl (C=O) groups excluding carboxylic acids is 1. The van der Waals surface area contributed by atoms with Crippen LogP contribution in [0.4, 0.5) is 4.39 Å². The number of aromatic nitrogens is 5. The number of hydrogen-bond donors (Lipinski definition) is 1. The predicted molar refractivity (Wildman–Crippen MR) is 109 cm³/mol. The molecular formula is C22H21FN6O. The molecule has 1 aliphatic rings. The van der Waals surface area contributed by atoms with E-state index in [-0.39, 0.29) is 18.3 Å². The Labute approximate surface area is 172 Å². The van der Waals surface area contributed by atoms with Crippen LogP contribution in [0.15, 0.2) is 48.7 Å². The summed E-state index contributed by atoms with van der Waals surface area (Å²) in [5.41, 5.74) is 2.92. The first kappa shape index (κ1) is 18.5. The third-order valence-corrected chi connectivity index (χ3v) is 5.48. The van der Waals surface area contributed by atoms with Gasteiger partial charge in [0.05, 0.1) is 12.2 Å². The van der Waals surface area contributed by atoms with E-state index in [1.54, 1.807) is 12.1 Å². The highest BCUT2D eigenvalue weighted by atomic mass is 19.1. The average molecular weight is 404 g/mol. The average Bonchev–Trinajstić information content (AvgIpc) is 3.26. The van der Waals surface area contributed by atoms with Crippen molar-refractivity contribution in [1.29, 1.82) is 0 Å². The zero-order chi connectivity index (χ0) is 20.5. The van der Waals surface area contributed by atoms with E-state index in [1.165, 1.54) is 12.1 Å². The van der Waals surface area contributed by atoms with E-state index in [4.69, 9.17) is 0 Å². The lowest BCUT2D eigenvalue weighted by Gasteiger charge is -2.09. The van der Waals surface area contributed by atoms with Crippen LogP contribution >= 0.6 is 0 Å². The Morgan fingerprint density at radius 1 is 1.07 bits per heavy atom. The van der Waals surface area contributed by atoms with E-state index in [0.717, 1.165) is 49.1 Å². The van der Waals surface area contributed by atoms with Gasteiger partial charge in [0.1, 0.15) is 17.3 Å². The highest BCUT2D eigenvalue weighted by Crippen LogP contribution is 2.27. The molecule has 0 bridgehead atoms. The molecule has 30 heavy (non-hydrogen) atoms. The number of halogens is 1. The summed E-state index contributed by atoms with van der Waals surface area (Å²) in [5.74, 6) is 0.842. The second kappa shape index (κ2) is 7.70. The van der Waals surface area contributed by atoms with Gasteiger partial charge in [0, 0.05) is 18.3 Å². The second-order valence-corrected chi connectivity index (χ2v) is 7.43. The second-order valence-electron chi connectivity index (χ2n) is 7.43. The highest BCUT2D eigenvalue weighted by Gasteiger charge is 2.24. The minimum Gasteiger partial charge on any atom is -0.343 e. The van der Waals surface area contributed by atoms with Gasteiger partial charge in [0.15, 0.2) is 11.5 Å². The smallest absolute Gasteiger partial charge is 0.272 e. The van der Waals surface area contributed by atoms with Crippen molar-refractivity contribution < 1.29 is 9.18 Å². The first-order valence-electron chi connectivity index (χ1n) is 10.1. The number of nitrogens with zero attached hydrogens (tertiary/aromatic N) is 5. The Kier molecular flexibility index (Phi) is 4.74. The van der Waals surface area contributed by atoms with Crippen molar-refractivity contribution in [2.45, 2.75) is 38.8 Å². The molecule has 1 aliphatic heterocycles. The third kappa shape index (κ3) is 3.34. The maximum atomic E-state index is 13.4. The number of amides is 1. The Morgan fingerprint density at radius 3 is 2.80 bits per heavy atom. The Morgan fingerprint density at radius 2 is 1.93 bits per heavy atom. The summed E-state index contributed by atoms with van der Waals surface area (Å²) in [6.07, 6.45) is 5.82. The third-order valence-electron chi connectivity index (χ3n) is 5.48. The van der Waals surface area contributed by atoms with Crippen LogP contribution in [0.3, 0.4) is 0 Å². The van der Waals surface area contributed by atoms with Gasteiger partial charge in [-0.25, -0.2) is 9.37 Å². The molecule has 0 aliphatic carbocycles. The van der Waals surface area contributed by atoms with Crippen LogP contribution in [0.25, 0.3) is 17.0 Å². The Hall–Kier alpha value is -3.55. The summed E-state index contributed by atoms with van der Waals surface area (Å²) in [5, 5.41) is 11.2. The van der Waals surface area contributed by atoms with Crippen LogP contribution in [0.1, 0.15) is 41.3 Å². The fourth-order valence-electron chi connectivity index (χ4n) is 3.98. The summed E-state index contributed by atoms with van der Waals surface area (Å²) < 4.78 is 17.3. The van der Waals surface area contributed by atoms with Gasteiger partial charge in [-0.05, 0) is 55.7 Å². The van der Waals surface area contributed by atoms with E-state index < -0.39 is 0 Å². The quantitative estimate of drug-likeness (QED) is 0.566. The van der Waals surface area contributed by atoms with Gasteiger partial charge in [-0.3, -0.25) is 9.20 Å². The van der Waals surface area contributed by atoms with E-state index in [2.05, 4.69) is 25.1 Å². The van der Waals surface area contributed by atoms with Crippen molar-refractivity contribution in [3.63, 3.8) is 0 Å². The summed E-state index contributed by atoms with van der Waals surface area (Å²) in [4.78, 5) is 17.7. The van der Waals surface area contributed by atoms with Crippen LogP contribution in [-0.4, -0.2) is 30.1 Å². The molecule has 0 atom stereocenters. The van der Waals surface area contributed by atoms with Crippen LogP contribution in [0, 0.1) is 5.82 Å². The largest absolute Gasteiger partial charge is 0.343 e. The zero-order valence-electron chi connectivity index (χ0n) is 16.4. The van der Waals surface area contributed by atoms with Crippen molar-refractivity contribution in [3.8, 4) is 11.4 Å². The summed E-state index contributed by atoms with van der Waals surface area (Å²) >= 11 is 0. The molecule has 7 nitrogen and oxygen atoms in total. The van der Waals surface area contributed by atoms with Gasteiger partial charge < -0.3 is 9.88 Å². The Balaban J connectivity index is 1.45. The summed E-state index contributed by atoms with van der Waals surface area (Å²) in [7, 11) is 0. The zero-order valence-corrected chi connectivity index (χ0v) is 16.4. The highest BCUT2D eigenvalue weighted by molar-refractivity contribution is 5.94. The topological polar surface area (TPSA) is 77.1 Å². The minimum atomic E-state index is -0.292. The van der Waals surface area contributed by atoms with E-state index in [0.29, 0.717) is 17.3 Å². The van der Waals surface area contributed by atoms with Gasteiger partial charge in [0.25, 0.3) is 5.91 Å². The number of hydrogen-bond acceptors (Lipinski definition) is 4. The van der Waals surface area contributed by atoms with Crippen molar-refractivity contribution in [3.05, 3.63) is 71.7 Å². The maximum absolute atomic E-state index is 13.4. The first-order chi connectivity index (χ1) is 14.7. The first-order valence-corrected chi connectivity index (χ1v) is 10.1. The molecule has 5 rings (SSSR count). The van der Waals surface area contributed by atoms with Crippen molar-refractivity contribution in [2.24, 2.45) is 0 Å². The molecule has 0 unspecified atom stereocenters. The molecular weight excluding hydrogens is 383 g/mol. The molecule has 0 saturated heterocycles. The predicted octanol–water partition coefficient (Wildman–Crippen LogP) is 3.39. The molecule has 8 heteroatoms. The molecule has 1 N–H and O–H groups in total. The fourth-order valence-corrected chi connectivity index (χ4v) is 3.98. The number of imidazole rings is 1. The molecule has 152 valence electrons. The number of pyridine rings is 1. The van der Waals surface area contributed by atoms with Gasteiger partial charge in [0.2, 0.25) is 0 Å². The van der Waals surface area contributed by atoms with Crippen LogP contribution in [-0.2, 0) is 19.5 Å².